The van der Waals surface area contributed by atoms with Gasteiger partial charge in [0.25, 0.3) is 0 Å². The fourth-order valence-electron chi connectivity index (χ4n) is 1.38. The first-order chi connectivity index (χ1) is 8.26. The van der Waals surface area contributed by atoms with Gasteiger partial charge in [-0.25, -0.2) is 0 Å². The van der Waals surface area contributed by atoms with Gasteiger partial charge in [0.05, 0.1) is 0 Å². The van der Waals surface area contributed by atoms with Crippen molar-refractivity contribution in [3.8, 4) is 0 Å². The van der Waals surface area contributed by atoms with Gasteiger partial charge in [-0.2, -0.15) is 0 Å². The molecule has 0 fully saturated rings. The summed E-state index contributed by atoms with van der Waals surface area (Å²) in [6, 6.07) is 7.15. The zero-order chi connectivity index (χ0) is 13.8. The van der Waals surface area contributed by atoms with E-state index in [1.165, 1.54) is 0 Å². The number of hydrogen-bond acceptors (Lipinski definition) is 2. The van der Waals surface area contributed by atoms with Crippen molar-refractivity contribution >= 4 is 40.5 Å². The number of rotatable bonds is 2. The van der Waals surface area contributed by atoms with Crippen LogP contribution in [0.5, 0.6) is 0 Å². The smallest absolute Gasteiger partial charge is 0.226 e. The van der Waals surface area contributed by atoms with Crippen LogP contribution in [0.3, 0.4) is 0 Å². The van der Waals surface area contributed by atoms with Crippen LogP contribution in [0.25, 0.3) is 0 Å². The van der Waals surface area contributed by atoms with E-state index in [0.717, 1.165) is 5.69 Å². The Labute approximate surface area is 118 Å². The van der Waals surface area contributed by atoms with E-state index in [4.69, 9.17) is 23.8 Å². The van der Waals surface area contributed by atoms with E-state index in [1.807, 2.05) is 32.9 Å². The van der Waals surface area contributed by atoms with Crippen LogP contribution in [-0.2, 0) is 4.79 Å². The third-order valence-electron chi connectivity index (χ3n) is 2.03. The van der Waals surface area contributed by atoms with Gasteiger partial charge in [-0.05, 0) is 35.8 Å². The summed E-state index contributed by atoms with van der Waals surface area (Å²) in [5.74, 6) is -0.0953. The van der Waals surface area contributed by atoms with Crippen LogP contribution >= 0.6 is 23.8 Å². The van der Waals surface area contributed by atoms with E-state index in [-0.39, 0.29) is 16.4 Å². The molecule has 0 saturated heterocycles. The summed E-state index contributed by atoms with van der Waals surface area (Å²) in [6.45, 7) is 6.00. The maximum absolute atomic E-state index is 11.7. The Balaban J connectivity index is 2.50. The molecule has 0 aliphatic rings. The summed E-state index contributed by atoms with van der Waals surface area (Å²) in [5.41, 5.74) is 0.694. The van der Waals surface area contributed by atoms with Gasteiger partial charge in [0.15, 0.2) is 5.11 Å². The molecule has 18 heavy (non-hydrogen) atoms. The van der Waals surface area contributed by atoms with Crippen LogP contribution in [0.2, 0.25) is 5.02 Å². The number of amides is 1. The first-order valence-electron chi connectivity index (χ1n) is 5.63. The molecule has 0 atom stereocenters. The minimum absolute atomic E-state index is 0.0598. The summed E-state index contributed by atoms with van der Waals surface area (Å²) >= 11 is 10.9. The first-order valence-corrected chi connectivity index (χ1v) is 6.41. The van der Waals surface area contributed by atoms with E-state index in [9.17, 15) is 4.79 Å². The fourth-order valence-corrected chi connectivity index (χ4v) is 1.80. The van der Waals surface area contributed by atoms with Gasteiger partial charge in [0.1, 0.15) is 0 Å². The highest BCUT2D eigenvalue weighted by Gasteiger charge is 2.16. The lowest BCUT2D eigenvalue weighted by molar-refractivity contribution is -0.121. The fraction of sp³-hybridized carbons (Fsp3) is 0.385. The molecule has 0 saturated carbocycles. The Bertz CT molecular complexity index is 455. The van der Waals surface area contributed by atoms with Crippen LogP contribution in [0.1, 0.15) is 27.2 Å². The molecule has 0 radical (unpaired) electrons. The minimum atomic E-state index is -0.0953. The van der Waals surface area contributed by atoms with Crippen molar-refractivity contribution in [2.75, 3.05) is 5.32 Å². The van der Waals surface area contributed by atoms with E-state index in [1.54, 1.807) is 12.1 Å². The molecule has 5 heteroatoms. The molecule has 98 valence electrons. The van der Waals surface area contributed by atoms with Gasteiger partial charge in [0.2, 0.25) is 5.91 Å². The molecule has 1 amide bonds. The lowest BCUT2D eigenvalue weighted by Crippen LogP contribution is -2.36. The molecule has 2 N–H and O–H groups in total. The summed E-state index contributed by atoms with van der Waals surface area (Å²) in [5, 5.41) is 6.46. The molecule has 1 rings (SSSR count). The van der Waals surface area contributed by atoms with Crippen LogP contribution in [0.15, 0.2) is 24.3 Å². The number of halogens is 1. The zero-order valence-corrected chi connectivity index (χ0v) is 12.3. The van der Waals surface area contributed by atoms with Crippen molar-refractivity contribution in [3.05, 3.63) is 29.3 Å². The van der Waals surface area contributed by atoms with Crippen LogP contribution in [-0.4, -0.2) is 11.0 Å². The maximum atomic E-state index is 11.7. The molecule has 1 aromatic rings. The van der Waals surface area contributed by atoms with Crippen LogP contribution in [0.4, 0.5) is 5.69 Å². The van der Waals surface area contributed by atoms with Gasteiger partial charge in [0, 0.05) is 17.1 Å². The Morgan fingerprint density at radius 2 is 2.06 bits per heavy atom. The molecule has 0 bridgehead atoms. The summed E-state index contributed by atoms with van der Waals surface area (Å²) in [6.07, 6.45) is 0.421. The summed E-state index contributed by atoms with van der Waals surface area (Å²) in [4.78, 5) is 11.7. The normalized spacial score (nSPS) is 10.9. The van der Waals surface area contributed by atoms with E-state index < -0.39 is 0 Å². The zero-order valence-electron chi connectivity index (χ0n) is 10.7. The first kappa shape index (κ1) is 14.9. The van der Waals surface area contributed by atoms with Gasteiger partial charge in [-0.3, -0.25) is 4.79 Å². The largest absolute Gasteiger partial charge is 0.332 e. The second kappa shape index (κ2) is 6.16. The number of carbonyl (C=O) groups is 1. The minimum Gasteiger partial charge on any atom is -0.332 e. The molecular weight excluding hydrogens is 268 g/mol. The number of anilines is 1. The van der Waals surface area contributed by atoms with Crippen LogP contribution < -0.4 is 10.6 Å². The maximum Gasteiger partial charge on any atom is 0.226 e. The number of nitrogens with one attached hydrogen (secondary N) is 2. The topological polar surface area (TPSA) is 41.1 Å². The average Bonchev–Trinajstić information content (AvgIpc) is 2.13. The van der Waals surface area contributed by atoms with E-state index >= 15 is 0 Å². The predicted octanol–water partition coefficient (Wildman–Crippen LogP) is 3.59. The van der Waals surface area contributed by atoms with Crippen molar-refractivity contribution in [2.24, 2.45) is 5.41 Å². The third-order valence-corrected chi connectivity index (χ3v) is 2.47. The molecule has 0 aromatic heterocycles. The lowest BCUT2D eigenvalue weighted by atomic mass is 9.92. The second-order valence-electron chi connectivity index (χ2n) is 5.25. The van der Waals surface area contributed by atoms with Crippen molar-refractivity contribution in [1.82, 2.24) is 5.32 Å². The third kappa shape index (κ3) is 5.98. The number of thiocarbonyl (C=S) groups is 1. The number of carbonyl (C=O) groups excluding carboxylic acids is 1. The van der Waals surface area contributed by atoms with Crippen molar-refractivity contribution in [2.45, 2.75) is 27.2 Å². The van der Waals surface area contributed by atoms with E-state index in [0.29, 0.717) is 11.4 Å². The molecule has 0 unspecified atom stereocenters. The van der Waals surface area contributed by atoms with E-state index in [2.05, 4.69) is 10.6 Å². The summed E-state index contributed by atoms with van der Waals surface area (Å²) in [7, 11) is 0. The van der Waals surface area contributed by atoms with Crippen molar-refractivity contribution < 1.29 is 4.79 Å². The molecule has 0 heterocycles. The molecule has 1 aromatic carbocycles. The molecule has 0 aliphatic heterocycles. The Kier molecular flexibility index (Phi) is 5.11. The number of benzene rings is 1. The van der Waals surface area contributed by atoms with Gasteiger partial charge >= 0.3 is 0 Å². The average molecular weight is 285 g/mol. The summed E-state index contributed by atoms with van der Waals surface area (Å²) < 4.78 is 0. The molecule has 3 nitrogen and oxygen atoms in total. The Morgan fingerprint density at radius 3 is 2.61 bits per heavy atom. The highest BCUT2D eigenvalue weighted by molar-refractivity contribution is 7.80. The van der Waals surface area contributed by atoms with Crippen LogP contribution in [0, 0.1) is 5.41 Å². The Morgan fingerprint density at radius 1 is 1.39 bits per heavy atom. The quantitative estimate of drug-likeness (QED) is 0.816. The van der Waals surface area contributed by atoms with Crippen molar-refractivity contribution in [1.29, 1.82) is 0 Å². The highest BCUT2D eigenvalue weighted by atomic mass is 35.5. The monoisotopic (exact) mass is 284 g/mol. The lowest BCUT2D eigenvalue weighted by Gasteiger charge is -2.17. The van der Waals surface area contributed by atoms with Gasteiger partial charge in [-0.1, -0.05) is 38.4 Å². The predicted molar refractivity (Wildman–Crippen MR) is 79.9 cm³/mol. The second-order valence-corrected chi connectivity index (χ2v) is 6.09. The molecular formula is C13H17ClN2OS. The molecule has 0 spiro atoms. The van der Waals surface area contributed by atoms with Crippen molar-refractivity contribution in [3.63, 3.8) is 0 Å². The standard InChI is InChI=1S/C13H17ClN2OS/c1-13(2,3)8-11(17)16-12(18)15-10-6-4-5-9(14)7-10/h4-7H,8H2,1-3H3,(H2,15,16,17,18). The molecule has 0 aliphatic carbocycles. The Hall–Kier alpha value is -1.13. The highest BCUT2D eigenvalue weighted by Crippen LogP contribution is 2.18. The number of hydrogen-bond donors (Lipinski definition) is 2. The van der Waals surface area contributed by atoms with Gasteiger partial charge in [-0.15, -0.1) is 0 Å². The SMILES string of the molecule is CC(C)(C)CC(=O)NC(=S)Nc1cccc(Cl)c1. The van der Waals surface area contributed by atoms with Gasteiger partial charge < -0.3 is 10.6 Å².